The first-order chi connectivity index (χ1) is 9.68. The molecule has 120 valence electrons. The number of carbonyl (C=O) groups excluding carboxylic acids is 2. The van der Waals surface area contributed by atoms with Gasteiger partial charge in [-0.25, -0.2) is 0 Å². The summed E-state index contributed by atoms with van der Waals surface area (Å²) < 4.78 is 11.0. The zero-order valence-corrected chi connectivity index (χ0v) is 12.8. The summed E-state index contributed by atoms with van der Waals surface area (Å²) in [6, 6.07) is -2.97. The van der Waals surface area contributed by atoms with Crippen LogP contribution in [0.25, 0.3) is 0 Å². The summed E-state index contributed by atoms with van der Waals surface area (Å²) in [7, 11) is -1.79. The highest BCUT2D eigenvalue weighted by Gasteiger charge is 2.24. The Hall–Kier alpha value is -1.57. The quantitative estimate of drug-likeness (QED) is 0.325. The Morgan fingerprint density at radius 3 is 2.14 bits per heavy atom. The maximum absolute atomic E-state index is 11.7. The van der Waals surface area contributed by atoms with Gasteiger partial charge in [0.25, 0.3) is 0 Å². The fourth-order valence-corrected chi connectivity index (χ4v) is 1.98. The Kier molecular flexibility index (Phi) is 8.68. The van der Waals surface area contributed by atoms with Crippen molar-refractivity contribution in [1.29, 1.82) is 0 Å². The molecular formula is C11H21N3O6P+. The van der Waals surface area contributed by atoms with Crippen molar-refractivity contribution in [1.82, 2.24) is 10.6 Å². The summed E-state index contributed by atoms with van der Waals surface area (Å²) in [4.78, 5) is 33.9. The first kappa shape index (κ1) is 19.4. The number of carboxylic acid groups (broad SMARTS) is 1. The molecule has 4 atom stereocenters. The summed E-state index contributed by atoms with van der Waals surface area (Å²) in [5.74, 6) is -2.44. The molecule has 0 saturated heterocycles. The number of aliphatic carboxylic acids is 1. The van der Waals surface area contributed by atoms with E-state index in [1.807, 2.05) is 0 Å². The lowest BCUT2D eigenvalue weighted by Crippen LogP contribution is -2.52. The van der Waals surface area contributed by atoms with Gasteiger partial charge in [-0.05, 0) is 13.8 Å². The van der Waals surface area contributed by atoms with Crippen molar-refractivity contribution >= 4 is 25.6 Å². The van der Waals surface area contributed by atoms with Crippen LogP contribution >= 0.6 is 7.80 Å². The number of aliphatic hydroxyl groups is 1. The molecule has 0 rings (SSSR count). The van der Waals surface area contributed by atoms with Crippen molar-refractivity contribution in [2.24, 2.45) is 5.73 Å². The zero-order valence-electron chi connectivity index (χ0n) is 11.9. The van der Waals surface area contributed by atoms with Gasteiger partial charge >= 0.3 is 13.8 Å². The van der Waals surface area contributed by atoms with E-state index >= 15 is 0 Å². The van der Waals surface area contributed by atoms with E-state index in [0.29, 0.717) is 0 Å². The average molecular weight is 322 g/mol. The number of hydrogen-bond acceptors (Lipinski definition) is 6. The van der Waals surface area contributed by atoms with E-state index in [9.17, 15) is 18.9 Å². The number of hydrogen-bond donors (Lipinski definition) is 5. The minimum Gasteiger partial charge on any atom is -0.480 e. The molecule has 10 heteroatoms. The van der Waals surface area contributed by atoms with Crippen LogP contribution in [0.4, 0.5) is 0 Å². The van der Waals surface area contributed by atoms with Gasteiger partial charge in [0.2, 0.25) is 18.2 Å². The number of carboxylic acids is 1. The maximum atomic E-state index is 11.7. The fourth-order valence-electron chi connectivity index (χ4n) is 1.27. The number of carbonyl (C=O) groups is 3. The maximum Gasteiger partial charge on any atom is 0.366 e. The number of aliphatic hydroxyl groups excluding tert-OH is 1. The van der Waals surface area contributed by atoms with Crippen LogP contribution in [0.1, 0.15) is 20.3 Å². The second-order valence-corrected chi connectivity index (χ2v) is 6.23. The van der Waals surface area contributed by atoms with Crippen molar-refractivity contribution in [2.45, 2.75) is 38.4 Å². The second-order valence-electron chi connectivity index (χ2n) is 4.54. The normalized spacial score (nSPS) is 15.5. The highest BCUT2D eigenvalue weighted by molar-refractivity contribution is 7.44. The van der Waals surface area contributed by atoms with E-state index in [1.54, 1.807) is 0 Å². The Labute approximate surface area is 123 Å². The lowest BCUT2D eigenvalue weighted by molar-refractivity contribution is -0.141. The van der Waals surface area contributed by atoms with E-state index in [4.69, 9.17) is 15.9 Å². The van der Waals surface area contributed by atoms with Gasteiger partial charge in [0.05, 0.1) is 6.04 Å². The first-order valence-corrected chi connectivity index (χ1v) is 7.94. The van der Waals surface area contributed by atoms with Crippen LogP contribution in [0.5, 0.6) is 0 Å². The SMILES string of the molecule is C[C@@H](NC(=O)[C@@H](C)NC(=O)[C@@H](N)CC[P+](=O)CO)C(=O)O. The van der Waals surface area contributed by atoms with Crippen LogP contribution < -0.4 is 16.4 Å². The number of rotatable bonds is 9. The molecule has 0 radical (unpaired) electrons. The van der Waals surface area contributed by atoms with Crippen molar-refractivity contribution < 1.29 is 29.2 Å². The third-order valence-corrected chi connectivity index (χ3v) is 3.74. The van der Waals surface area contributed by atoms with Crippen LogP contribution in [0.2, 0.25) is 0 Å². The molecule has 2 amide bonds. The van der Waals surface area contributed by atoms with Gasteiger partial charge in [-0.3, -0.25) is 14.4 Å². The van der Waals surface area contributed by atoms with Gasteiger partial charge < -0.3 is 26.6 Å². The van der Waals surface area contributed by atoms with Gasteiger partial charge in [0.15, 0.2) is 6.16 Å². The largest absolute Gasteiger partial charge is 0.480 e. The molecule has 0 heterocycles. The van der Waals surface area contributed by atoms with Gasteiger partial charge in [0, 0.05) is 6.42 Å². The molecule has 6 N–H and O–H groups in total. The van der Waals surface area contributed by atoms with E-state index < -0.39 is 50.1 Å². The van der Waals surface area contributed by atoms with Crippen LogP contribution in [-0.4, -0.2) is 58.6 Å². The van der Waals surface area contributed by atoms with Crippen LogP contribution in [0, 0.1) is 0 Å². The number of amides is 2. The Morgan fingerprint density at radius 2 is 1.67 bits per heavy atom. The minimum absolute atomic E-state index is 0.108. The standard InChI is InChI=1S/C11H20N3O6P/c1-6(9(16)14-7(2)11(18)19)13-10(17)8(12)3-4-21(20)5-15/h6-8,15H,3-5,12H2,1-2H3,(H2-,13,14,16,17,18,19)/p+1/t6-,7-,8+/m1/s1. The number of nitrogens with one attached hydrogen (secondary N) is 2. The lowest BCUT2D eigenvalue weighted by Gasteiger charge is -2.18. The molecular weight excluding hydrogens is 301 g/mol. The third-order valence-electron chi connectivity index (χ3n) is 2.67. The molecule has 9 nitrogen and oxygen atoms in total. The van der Waals surface area contributed by atoms with Gasteiger partial charge in [-0.2, -0.15) is 0 Å². The average Bonchev–Trinajstić information content (AvgIpc) is 2.43. The third kappa shape index (κ3) is 7.69. The van der Waals surface area contributed by atoms with Crippen LogP contribution in [0.15, 0.2) is 0 Å². The molecule has 0 aliphatic rings. The number of nitrogens with two attached hydrogens (primary N) is 1. The molecule has 21 heavy (non-hydrogen) atoms. The highest BCUT2D eigenvalue weighted by Crippen LogP contribution is 2.19. The summed E-state index contributed by atoms with van der Waals surface area (Å²) in [5.41, 5.74) is 5.57. The molecule has 0 bridgehead atoms. The predicted octanol–water partition coefficient (Wildman–Crippen LogP) is -1.42. The summed E-state index contributed by atoms with van der Waals surface area (Å²) in [5, 5.41) is 21.8. The van der Waals surface area contributed by atoms with Gasteiger partial charge in [-0.1, -0.05) is 4.57 Å². The monoisotopic (exact) mass is 322 g/mol. The molecule has 0 aliphatic heterocycles. The van der Waals surface area contributed by atoms with Crippen LogP contribution in [0.3, 0.4) is 0 Å². The molecule has 0 fully saturated rings. The fraction of sp³-hybridized carbons (Fsp3) is 0.727. The Morgan fingerprint density at radius 1 is 1.14 bits per heavy atom. The molecule has 0 aromatic heterocycles. The van der Waals surface area contributed by atoms with Gasteiger partial charge in [0.1, 0.15) is 12.1 Å². The van der Waals surface area contributed by atoms with E-state index in [2.05, 4.69) is 10.6 Å². The van der Waals surface area contributed by atoms with E-state index in [1.165, 1.54) is 13.8 Å². The second kappa shape index (κ2) is 9.38. The summed E-state index contributed by atoms with van der Waals surface area (Å²) in [6.07, 6.45) is -0.242. The molecule has 1 unspecified atom stereocenters. The van der Waals surface area contributed by atoms with Crippen molar-refractivity contribution in [2.75, 3.05) is 12.5 Å². The molecule has 0 aromatic carbocycles. The minimum atomic E-state index is -1.79. The van der Waals surface area contributed by atoms with E-state index in [-0.39, 0.29) is 12.6 Å². The van der Waals surface area contributed by atoms with Crippen molar-refractivity contribution in [3.8, 4) is 0 Å². The highest BCUT2D eigenvalue weighted by atomic mass is 31.1. The smallest absolute Gasteiger partial charge is 0.366 e. The van der Waals surface area contributed by atoms with Crippen molar-refractivity contribution in [3.63, 3.8) is 0 Å². The molecule has 0 spiro atoms. The Balaban J connectivity index is 4.27. The molecule has 0 aromatic rings. The Bertz CT molecular complexity index is 417. The predicted molar refractivity (Wildman–Crippen MR) is 75.0 cm³/mol. The summed E-state index contributed by atoms with van der Waals surface area (Å²) in [6.45, 7) is 2.69. The molecule has 0 aliphatic carbocycles. The molecule has 0 saturated carbocycles. The zero-order chi connectivity index (χ0) is 16.6. The summed E-state index contributed by atoms with van der Waals surface area (Å²) >= 11 is 0. The lowest BCUT2D eigenvalue weighted by atomic mass is 10.2. The first-order valence-electron chi connectivity index (χ1n) is 6.31. The van der Waals surface area contributed by atoms with E-state index in [0.717, 1.165) is 0 Å². The van der Waals surface area contributed by atoms with Crippen molar-refractivity contribution in [3.05, 3.63) is 0 Å². The topological polar surface area (TPSA) is 159 Å². The van der Waals surface area contributed by atoms with Crippen LogP contribution in [-0.2, 0) is 18.9 Å². The van der Waals surface area contributed by atoms with Gasteiger partial charge in [-0.15, -0.1) is 0 Å².